The van der Waals surface area contributed by atoms with Crippen molar-refractivity contribution >= 4 is 27.5 Å². The van der Waals surface area contributed by atoms with Crippen molar-refractivity contribution in [3.8, 4) is 5.75 Å². The molecular formula is C35H38FN3O5S. The van der Waals surface area contributed by atoms with Crippen LogP contribution in [0.4, 0.5) is 10.1 Å². The summed E-state index contributed by atoms with van der Waals surface area (Å²) < 4.78 is 49.3. The van der Waals surface area contributed by atoms with Crippen molar-refractivity contribution in [1.82, 2.24) is 10.2 Å². The van der Waals surface area contributed by atoms with Crippen molar-refractivity contribution < 1.29 is 27.1 Å². The van der Waals surface area contributed by atoms with Gasteiger partial charge in [-0.3, -0.25) is 13.9 Å². The fourth-order valence-electron chi connectivity index (χ4n) is 4.80. The highest BCUT2D eigenvalue weighted by molar-refractivity contribution is 7.92. The van der Waals surface area contributed by atoms with E-state index >= 15 is 4.39 Å². The number of benzene rings is 4. The second-order valence-electron chi connectivity index (χ2n) is 10.7. The van der Waals surface area contributed by atoms with Crippen LogP contribution in [0.3, 0.4) is 0 Å². The molecule has 0 spiro atoms. The molecule has 1 N–H and O–H groups in total. The van der Waals surface area contributed by atoms with E-state index in [2.05, 4.69) is 5.32 Å². The van der Waals surface area contributed by atoms with Gasteiger partial charge in [-0.1, -0.05) is 73.7 Å². The molecule has 2 atom stereocenters. The number of halogens is 1. The fourth-order valence-corrected chi connectivity index (χ4v) is 6.22. The van der Waals surface area contributed by atoms with Crippen molar-refractivity contribution in [2.75, 3.05) is 18.0 Å². The smallest absolute Gasteiger partial charge is 0.264 e. The first-order chi connectivity index (χ1) is 21.6. The monoisotopic (exact) mass is 631 g/mol. The number of carbonyl (C=O) groups is 2. The van der Waals surface area contributed by atoms with Gasteiger partial charge in [-0.15, -0.1) is 0 Å². The first-order valence-electron chi connectivity index (χ1n) is 14.7. The van der Waals surface area contributed by atoms with E-state index in [9.17, 15) is 18.0 Å². The number of hydrogen-bond acceptors (Lipinski definition) is 5. The molecular weight excluding hydrogens is 593 g/mol. The van der Waals surface area contributed by atoms with Gasteiger partial charge in [0.2, 0.25) is 11.8 Å². The third-order valence-electron chi connectivity index (χ3n) is 7.54. The van der Waals surface area contributed by atoms with E-state index in [0.717, 1.165) is 9.87 Å². The Hall–Kier alpha value is -4.70. The molecule has 10 heteroatoms. The second-order valence-corrected chi connectivity index (χ2v) is 12.5. The Morgan fingerprint density at radius 1 is 0.867 bits per heavy atom. The van der Waals surface area contributed by atoms with Crippen LogP contribution in [0.1, 0.15) is 31.4 Å². The molecule has 0 aliphatic carbocycles. The average Bonchev–Trinajstić information content (AvgIpc) is 3.06. The minimum absolute atomic E-state index is 0.0454. The lowest BCUT2D eigenvalue weighted by atomic mass is 10.0. The highest BCUT2D eigenvalue weighted by Crippen LogP contribution is 2.26. The lowest BCUT2D eigenvalue weighted by molar-refractivity contribution is -0.140. The van der Waals surface area contributed by atoms with Gasteiger partial charge < -0.3 is 15.0 Å². The maximum absolute atomic E-state index is 15.0. The molecule has 2 amide bonds. The number of nitrogens with zero attached hydrogens (tertiary/aromatic N) is 2. The van der Waals surface area contributed by atoms with Gasteiger partial charge in [-0.25, -0.2) is 12.8 Å². The highest BCUT2D eigenvalue weighted by Gasteiger charge is 2.35. The Kier molecular flexibility index (Phi) is 11.3. The Balaban J connectivity index is 1.79. The molecule has 236 valence electrons. The maximum atomic E-state index is 15.0. The lowest BCUT2D eigenvalue weighted by Gasteiger charge is -2.34. The van der Waals surface area contributed by atoms with Gasteiger partial charge >= 0.3 is 0 Å². The number of nitrogens with one attached hydrogen (secondary N) is 1. The van der Waals surface area contributed by atoms with E-state index in [1.807, 2.05) is 44.2 Å². The standard InChI is InChI=1S/C35H38FN3O5S/c1-4-26(2)37-35(41)33(23-27-13-7-5-8-14-27)38(24-28-15-11-12-18-32(28)36)34(40)25-39(29-16-9-6-10-17-29)45(42,43)31-21-19-30(44-3)20-22-31/h5-22,26,33H,4,23-25H2,1-3H3,(H,37,41)/t26-,33+/m1/s1. The number of para-hydroxylation sites is 1. The summed E-state index contributed by atoms with van der Waals surface area (Å²) in [5.74, 6) is -1.15. The molecule has 0 radical (unpaired) electrons. The molecule has 4 aromatic rings. The van der Waals surface area contributed by atoms with E-state index in [4.69, 9.17) is 4.74 Å². The van der Waals surface area contributed by atoms with Crippen LogP contribution in [0.2, 0.25) is 0 Å². The molecule has 8 nitrogen and oxygen atoms in total. The largest absolute Gasteiger partial charge is 0.497 e. The topological polar surface area (TPSA) is 96.0 Å². The number of hydrogen-bond donors (Lipinski definition) is 1. The van der Waals surface area contributed by atoms with Gasteiger partial charge in [0, 0.05) is 24.6 Å². The van der Waals surface area contributed by atoms with Crippen LogP contribution in [-0.2, 0) is 32.6 Å². The van der Waals surface area contributed by atoms with Crippen LogP contribution < -0.4 is 14.4 Å². The zero-order chi connectivity index (χ0) is 32.4. The van der Waals surface area contributed by atoms with Crippen LogP contribution in [0.5, 0.6) is 5.75 Å². The minimum Gasteiger partial charge on any atom is -0.497 e. The van der Waals surface area contributed by atoms with Crippen molar-refractivity contribution in [1.29, 1.82) is 0 Å². The SMILES string of the molecule is CC[C@@H](C)NC(=O)[C@H](Cc1ccccc1)N(Cc1ccccc1F)C(=O)CN(c1ccccc1)S(=O)(=O)c1ccc(OC)cc1. The Labute approximate surface area is 264 Å². The average molecular weight is 632 g/mol. The molecule has 0 heterocycles. The van der Waals surface area contributed by atoms with Crippen molar-refractivity contribution in [2.24, 2.45) is 0 Å². The Morgan fingerprint density at radius 2 is 1.47 bits per heavy atom. The minimum atomic E-state index is -4.26. The van der Waals surface area contributed by atoms with E-state index in [1.165, 1.54) is 42.3 Å². The van der Waals surface area contributed by atoms with Crippen LogP contribution >= 0.6 is 0 Å². The van der Waals surface area contributed by atoms with Gasteiger partial charge in [0.15, 0.2) is 0 Å². The first-order valence-corrected chi connectivity index (χ1v) is 16.2. The summed E-state index contributed by atoms with van der Waals surface area (Å²) in [7, 11) is -2.78. The van der Waals surface area contributed by atoms with E-state index in [-0.39, 0.29) is 35.2 Å². The molecule has 0 aliphatic rings. The number of amides is 2. The summed E-state index contributed by atoms with van der Waals surface area (Å²) in [6.45, 7) is 2.91. The van der Waals surface area contributed by atoms with Crippen LogP contribution in [0.25, 0.3) is 0 Å². The van der Waals surface area contributed by atoms with Gasteiger partial charge in [0.05, 0.1) is 17.7 Å². The molecule has 0 saturated heterocycles. The van der Waals surface area contributed by atoms with Gasteiger partial charge in [-0.2, -0.15) is 0 Å². The van der Waals surface area contributed by atoms with Crippen molar-refractivity contribution in [2.45, 2.75) is 50.2 Å². The number of sulfonamides is 1. The molecule has 0 aliphatic heterocycles. The van der Waals surface area contributed by atoms with E-state index in [1.54, 1.807) is 48.5 Å². The lowest BCUT2D eigenvalue weighted by Crippen LogP contribution is -2.54. The van der Waals surface area contributed by atoms with E-state index < -0.39 is 40.2 Å². The van der Waals surface area contributed by atoms with Gasteiger partial charge in [0.25, 0.3) is 10.0 Å². The van der Waals surface area contributed by atoms with Crippen LogP contribution in [0.15, 0.2) is 114 Å². The molecule has 45 heavy (non-hydrogen) atoms. The van der Waals surface area contributed by atoms with Crippen LogP contribution in [0, 0.1) is 5.82 Å². The normalized spacial score (nSPS) is 12.5. The maximum Gasteiger partial charge on any atom is 0.264 e. The van der Waals surface area contributed by atoms with Crippen LogP contribution in [-0.4, -0.2) is 50.9 Å². The Morgan fingerprint density at radius 3 is 2.07 bits per heavy atom. The number of carbonyl (C=O) groups excluding carboxylic acids is 2. The second kappa shape index (κ2) is 15.3. The summed E-state index contributed by atoms with van der Waals surface area (Å²) in [5.41, 5.74) is 1.25. The number of rotatable bonds is 14. The van der Waals surface area contributed by atoms with Crippen molar-refractivity contribution in [3.63, 3.8) is 0 Å². The molecule has 0 fully saturated rings. The number of ether oxygens (including phenoxy) is 1. The molecule has 4 aromatic carbocycles. The summed E-state index contributed by atoms with van der Waals surface area (Å²) in [4.78, 5) is 29.5. The number of anilines is 1. The Bertz CT molecular complexity index is 1670. The third kappa shape index (κ3) is 8.48. The summed E-state index contributed by atoms with van der Waals surface area (Å²) in [5, 5.41) is 2.97. The zero-order valence-electron chi connectivity index (χ0n) is 25.6. The predicted molar refractivity (Wildman–Crippen MR) is 173 cm³/mol. The molecule has 0 aromatic heterocycles. The third-order valence-corrected chi connectivity index (χ3v) is 9.33. The molecule has 0 unspecified atom stereocenters. The molecule has 0 saturated carbocycles. The first kappa shape index (κ1) is 33.2. The quantitative estimate of drug-likeness (QED) is 0.196. The summed E-state index contributed by atoms with van der Waals surface area (Å²) >= 11 is 0. The highest BCUT2D eigenvalue weighted by atomic mass is 32.2. The van der Waals surface area contributed by atoms with Gasteiger partial charge in [0.1, 0.15) is 24.2 Å². The van der Waals surface area contributed by atoms with Gasteiger partial charge in [-0.05, 0) is 61.4 Å². The van der Waals surface area contributed by atoms with Crippen molar-refractivity contribution in [3.05, 3.63) is 126 Å². The summed E-state index contributed by atoms with van der Waals surface area (Å²) in [6.07, 6.45) is 0.798. The number of methoxy groups -OCH3 is 1. The van der Waals surface area contributed by atoms with E-state index in [0.29, 0.717) is 12.2 Å². The summed E-state index contributed by atoms with van der Waals surface area (Å²) in [6, 6.07) is 28.1. The molecule has 0 bridgehead atoms. The molecule has 4 rings (SSSR count). The zero-order valence-corrected chi connectivity index (χ0v) is 26.4. The predicted octanol–water partition coefficient (Wildman–Crippen LogP) is 5.58. The fraction of sp³-hybridized carbons (Fsp3) is 0.257.